The zero-order valence-corrected chi connectivity index (χ0v) is 17.3. The molecule has 0 aromatic heterocycles. The van der Waals surface area contributed by atoms with Crippen molar-refractivity contribution < 1.29 is 34.2 Å². The van der Waals surface area contributed by atoms with Gasteiger partial charge in [-0.1, -0.05) is 19.1 Å². The van der Waals surface area contributed by atoms with E-state index in [1.807, 2.05) is 0 Å². The molecule has 0 heterocycles. The maximum Gasteiger partial charge on any atom is 0.235 e. The molecule has 8 atom stereocenters. The molecule has 0 bridgehead atoms. The van der Waals surface area contributed by atoms with Crippen LogP contribution in [0, 0.1) is 29.6 Å². The molecule has 5 unspecified atom stereocenters. The van der Waals surface area contributed by atoms with Crippen molar-refractivity contribution in [1.29, 1.82) is 0 Å². The number of nitrogens with two attached hydrogens (primary N) is 1. The second-order valence-electron chi connectivity index (χ2n) is 8.95. The van der Waals surface area contributed by atoms with E-state index in [0.29, 0.717) is 5.56 Å². The van der Waals surface area contributed by atoms with Crippen molar-refractivity contribution in [2.75, 3.05) is 14.1 Å². The number of fused-ring (bicyclic) bond motifs is 3. The molecule has 0 radical (unpaired) electrons. The lowest BCUT2D eigenvalue weighted by molar-refractivity contribution is -0.167. The summed E-state index contributed by atoms with van der Waals surface area (Å²) in [6.45, 7) is 1.74. The minimum absolute atomic E-state index is 0.00481. The van der Waals surface area contributed by atoms with Crippen LogP contribution in [0.2, 0.25) is 0 Å². The predicted octanol–water partition coefficient (Wildman–Crippen LogP) is -0.716. The molecule has 1 aromatic rings. The number of phenolic OH excluding ortho intramolecular Hbond substituents is 1. The van der Waals surface area contributed by atoms with Crippen LogP contribution in [-0.4, -0.2) is 70.4 Å². The predicted molar refractivity (Wildman–Crippen MR) is 106 cm³/mol. The quantitative estimate of drug-likeness (QED) is 0.522. The van der Waals surface area contributed by atoms with Gasteiger partial charge in [-0.25, -0.2) is 0 Å². The van der Waals surface area contributed by atoms with E-state index in [2.05, 4.69) is 0 Å². The maximum absolute atomic E-state index is 13.6. The molecule has 4 rings (SSSR count). The Hall–Kier alpha value is -2.91. The maximum atomic E-state index is 13.6. The minimum Gasteiger partial charge on any atom is -0.507 e. The van der Waals surface area contributed by atoms with Crippen LogP contribution in [0.5, 0.6) is 5.75 Å². The van der Waals surface area contributed by atoms with Crippen molar-refractivity contribution in [1.82, 2.24) is 4.90 Å². The first-order chi connectivity index (χ1) is 14.5. The molecule has 9 nitrogen and oxygen atoms in total. The number of benzene rings is 1. The summed E-state index contributed by atoms with van der Waals surface area (Å²) in [5.74, 6) is -11.7. The Morgan fingerprint density at radius 1 is 1.00 bits per heavy atom. The molecule has 0 aliphatic heterocycles. The number of aromatic hydroxyl groups is 1. The Bertz CT molecular complexity index is 1030. The van der Waals surface area contributed by atoms with Gasteiger partial charge in [0.2, 0.25) is 5.91 Å². The number of carbonyl (C=O) groups excluding carboxylic acids is 5. The molecule has 3 aliphatic rings. The Balaban J connectivity index is 1.90. The van der Waals surface area contributed by atoms with Gasteiger partial charge in [0.1, 0.15) is 5.75 Å². The second kappa shape index (κ2) is 7.06. The first kappa shape index (κ1) is 21.3. The van der Waals surface area contributed by atoms with Gasteiger partial charge in [0, 0.05) is 11.8 Å². The summed E-state index contributed by atoms with van der Waals surface area (Å²) in [6, 6.07) is 3.48. The zero-order chi connectivity index (χ0) is 22.9. The summed E-state index contributed by atoms with van der Waals surface area (Å²) >= 11 is 0. The third-order valence-corrected chi connectivity index (χ3v) is 7.22. The van der Waals surface area contributed by atoms with E-state index in [9.17, 15) is 34.2 Å². The lowest BCUT2D eigenvalue weighted by Gasteiger charge is -2.52. The summed E-state index contributed by atoms with van der Waals surface area (Å²) in [6.07, 6.45) is -1.34. The lowest BCUT2D eigenvalue weighted by Crippen LogP contribution is -2.69. The van der Waals surface area contributed by atoms with E-state index in [1.54, 1.807) is 33.2 Å². The summed E-state index contributed by atoms with van der Waals surface area (Å²) < 4.78 is 0. The van der Waals surface area contributed by atoms with Crippen molar-refractivity contribution in [3.05, 3.63) is 29.3 Å². The molecule has 0 spiro atoms. The molecule has 164 valence electrons. The second-order valence-corrected chi connectivity index (χ2v) is 8.95. The Kier molecular flexibility index (Phi) is 4.86. The lowest BCUT2D eigenvalue weighted by atomic mass is 9.51. The van der Waals surface area contributed by atoms with Gasteiger partial charge >= 0.3 is 0 Å². The van der Waals surface area contributed by atoms with Gasteiger partial charge in [0.15, 0.2) is 29.1 Å². The molecule has 9 heteroatoms. The van der Waals surface area contributed by atoms with E-state index in [1.165, 1.54) is 11.0 Å². The summed E-state index contributed by atoms with van der Waals surface area (Å²) in [7, 11) is 3.11. The number of aliphatic hydroxyl groups is 1. The first-order valence-electron chi connectivity index (χ1n) is 10.1. The number of carbonyl (C=O) groups is 5. The number of ketones is 4. The topological polar surface area (TPSA) is 155 Å². The number of nitrogens with zero attached hydrogens (tertiary/aromatic N) is 1. The van der Waals surface area contributed by atoms with Crippen LogP contribution in [0.3, 0.4) is 0 Å². The Labute approximate surface area is 178 Å². The van der Waals surface area contributed by atoms with Gasteiger partial charge in [-0.3, -0.25) is 28.9 Å². The highest BCUT2D eigenvalue weighted by Gasteiger charge is 2.65. The van der Waals surface area contributed by atoms with Crippen LogP contribution in [0.25, 0.3) is 0 Å². The summed E-state index contributed by atoms with van der Waals surface area (Å²) in [5.41, 5.74) is 5.81. The largest absolute Gasteiger partial charge is 0.507 e. The van der Waals surface area contributed by atoms with E-state index in [-0.39, 0.29) is 11.3 Å². The number of primary amides is 1. The highest BCUT2D eigenvalue weighted by atomic mass is 16.3. The van der Waals surface area contributed by atoms with Crippen molar-refractivity contribution in [3.63, 3.8) is 0 Å². The van der Waals surface area contributed by atoms with Crippen LogP contribution < -0.4 is 5.73 Å². The number of Topliss-reactive ketones (excluding diaryl/α,β-unsaturated/α-hetero) is 4. The third kappa shape index (κ3) is 2.73. The highest BCUT2D eigenvalue weighted by molar-refractivity contribution is 6.28. The molecule has 3 aliphatic carbocycles. The smallest absolute Gasteiger partial charge is 0.235 e. The number of phenols is 1. The average Bonchev–Trinajstić information content (AvgIpc) is 2.67. The van der Waals surface area contributed by atoms with Crippen LogP contribution >= 0.6 is 0 Å². The molecule has 2 fully saturated rings. The number of likely N-dealkylation sites (N-methyl/N-ethyl adjacent to an activating group) is 1. The number of hydrogen-bond acceptors (Lipinski definition) is 8. The van der Waals surface area contributed by atoms with E-state index in [0.717, 1.165) is 0 Å². The van der Waals surface area contributed by atoms with E-state index < -0.39 is 76.7 Å². The van der Waals surface area contributed by atoms with Crippen molar-refractivity contribution in [2.24, 2.45) is 35.3 Å². The Morgan fingerprint density at radius 2 is 1.65 bits per heavy atom. The average molecular weight is 428 g/mol. The van der Waals surface area contributed by atoms with Gasteiger partial charge < -0.3 is 15.9 Å². The van der Waals surface area contributed by atoms with Gasteiger partial charge in [-0.05, 0) is 31.6 Å². The summed E-state index contributed by atoms with van der Waals surface area (Å²) in [5, 5.41) is 21.6. The van der Waals surface area contributed by atoms with Gasteiger partial charge in [-0.15, -0.1) is 0 Å². The monoisotopic (exact) mass is 428 g/mol. The summed E-state index contributed by atoms with van der Waals surface area (Å²) in [4.78, 5) is 66.3. The fourth-order valence-electron chi connectivity index (χ4n) is 5.94. The minimum atomic E-state index is -1.81. The van der Waals surface area contributed by atoms with Crippen molar-refractivity contribution in [3.8, 4) is 5.75 Å². The van der Waals surface area contributed by atoms with Crippen LogP contribution in [-0.2, 0) is 19.2 Å². The standard InChI is InChI=1S/C22H24N2O7/c1-7-8-5-4-6-9(25)11(8)18(27)13-10(7)17(26)12-14(19(13)28)20(29)15(22(23)31)21(30)16(12)24(2)3/h4-7,10,12-17,25-26H,1-3H3,(H2,23,31)/t7-,10?,12?,13?,14?,15?,16-,17-/m0/s1. The van der Waals surface area contributed by atoms with E-state index in [4.69, 9.17) is 5.73 Å². The van der Waals surface area contributed by atoms with E-state index >= 15 is 0 Å². The molecular weight excluding hydrogens is 404 g/mol. The third-order valence-electron chi connectivity index (χ3n) is 7.22. The molecular formula is C22H24N2O7. The molecule has 0 saturated heterocycles. The number of rotatable bonds is 2. The van der Waals surface area contributed by atoms with Crippen molar-refractivity contribution in [2.45, 2.75) is 25.0 Å². The first-order valence-corrected chi connectivity index (χ1v) is 10.1. The van der Waals surface area contributed by atoms with Gasteiger partial charge in [0.25, 0.3) is 0 Å². The fraction of sp³-hybridized carbons (Fsp3) is 0.500. The number of aliphatic hydroxyl groups excluding tert-OH is 1. The normalized spacial score (nSPS) is 37.3. The fourth-order valence-corrected chi connectivity index (χ4v) is 5.94. The van der Waals surface area contributed by atoms with Crippen LogP contribution in [0.15, 0.2) is 18.2 Å². The Morgan fingerprint density at radius 3 is 2.23 bits per heavy atom. The van der Waals surface area contributed by atoms with Crippen LogP contribution in [0.1, 0.15) is 28.8 Å². The number of amides is 1. The molecule has 31 heavy (non-hydrogen) atoms. The van der Waals surface area contributed by atoms with Crippen molar-refractivity contribution >= 4 is 29.0 Å². The van der Waals surface area contributed by atoms with Crippen LogP contribution in [0.4, 0.5) is 0 Å². The molecule has 2 saturated carbocycles. The number of hydrogen-bond donors (Lipinski definition) is 3. The van der Waals surface area contributed by atoms with Gasteiger partial charge in [0.05, 0.1) is 29.5 Å². The van der Waals surface area contributed by atoms with Gasteiger partial charge in [-0.2, -0.15) is 0 Å². The molecule has 1 amide bonds. The molecule has 4 N–H and O–H groups in total. The zero-order valence-electron chi connectivity index (χ0n) is 17.3. The SMILES string of the molecule is C[C@H]1c2cccc(O)c2C(=O)C2C(=O)C3C(=O)C(C(N)=O)C(=O)[C@@H](N(C)C)C3[C@@H](O)C21. The molecule has 1 aromatic carbocycles. The highest BCUT2D eigenvalue weighted by Crippen LogP contribution is 2.52.